The Kier molecular flexibility index (Phi) is 3.91. The van der Waals surface area contributed by atoms with Gasteiger partial charge in [-0.3, -0.25) is 0 Å². The van der Waals surface area contributed by atoms with E-state index in [1.54, 1.807) is 0 Å². The van der Waals surface area contributed by atoms with Gasteiger partial charge in [0.25, 0.3) is 0 Å². The van der Waals surface area contributed by atoms with Gasteiger partial charge in [-0.15, -0.1) is 0 Å². The van der Waals surface area contributed by atoms with E-state index >= 15 is 0 Å². The van der Waals surface area contributed by atoms with Crippen molar-refractivity contribution in [1.82, 2.24) is 9.29 Å². The smallest absolute Gasteiger partial charge is 0.335 e. The number of aromatic nitrogens is 1. The number of nitrogens with zero attached hydrogens (tertiary/aromatic N) is 1. The monoisotopic (exact) mass is 294 g/mol. The molecule has 0 aliphatic heterocycles. The molecule has 0 bridgehead atoms. The number of aryl methyl sites for hydroxylation is 1. The Morgan fingerprint density at radius 2 is 1.90 bits per heavy atom. The Morgan fingerprint density at radius 3 is 2.40 bits per heavy atom. The minimum absolute atomic E-state index is 0.0386. The van der Waals surface area contributed by atoms with Crippen LogP contribution < -0.4 is 4.72 Å². The van der Waals surface area contributed by atoms with Crippen LogP contribution in [-0.2, 0) is 23.6 Å². The van der Waals surface area contributed by atoms with Gasteiger partial charge in [-0.25, -0.2) is 17.9 Å². The summed E-state index contributed by atoms with van der Waals surface area (Å²) in [4.78, 5) is 10.8. The summed E-state index contributed by atoms with van der Waals surface area (Å²) in [6, 6.07) is 8.72. The van der Waals surface area contributed by atoms with Crippen molar-refractivity contribution in [3.63, 3.8) is 0 Å². The van der Waals surface area contributed by atoms with Crippen LogP contribution in [0.25, 0.3) is 0 Å². The Bertz CT molecular complexity index is 717. The summed E-state index contributed by atoms with van der Waals surface area (Å²) in [5.41, 5.74) is 0.877. The third kappa shape index (κ3) is 3.06. The molecule has 2 rings (SSSR count). The fraction of sp³-hybridized carbons (Fsp3) is 0.154. The Hall–Kier alpha value is -2.12. The second-order valence-electron chi connectivity index (χ2n) is 4.26. The Morgan fingerprint density at radius 1 is 1.25 bits per heavy atom. The molecule has 6 nitrogen and oxygen atoms in total. The molecule has 2 aromatic rings. The van der Waals surface area contributed by atoms with Crippen molar-refractivity contribution in [1.29, 1.82) is 0 Å². The molecule has 1 heterocycles. The molecule has 0 atom stereocenters. The van der Waals surface area contributed by atoms with E-state index < -0.39 is 16.0 Å². The maximum atomic E-state index is 12.1. The number of benzene rings is 1. The number of sulfonamides is 1. The summed E-state index contributed by atoms with van der Waals surface area (Å²) in [5, 5.41) is 8.77. The molecule has 0 saturated carbocycles. The molecule has 2 N–H and O–H groups in total. The van der Waals surface area contributed by atoms with E-state index in [0.29, 0.717) is 0 Å². The molecule has 106 valence electrons. The largest absolute Gasteiger partial charge is 0.478 e. The minimum Gasteiger partial charge on any atom is -0.478 e. The van der Waals surface area contributed by atoms with E-state index in [4.69, 9.17) is 5.11 Å². The highest BCUT2D eigenvalue weighted by Gasteiger charge is 2.15. The van der Waals surface area contributed by atoms with Gasteiger partial charge in [0, 0.05) is 18.9 Å². The highest BCUT2D eigenvalue weighted by molar-refractivity contribution is 7.89. The van der Waals surface area contributed by atoms with Gasteiger partial charge >= 0.3 is 5.97 Å². The van der Waals surface area contributed by atoms with Crippen molar-refractivity contribution in [2.75, 3.05) is 0 Å². The van der Waals surface area contributed by atoms with Gasteiger partial charge in [-0.1, -0.05) is 0 Å². The van der Waals surface area contributed by atoms with Crippen LogP contribution in [0.2, 0.25) is 0 Å². The van der Waals surface area contributed by atoms with Crippen LogP contribution in [0, 0.1) is 0 Å². The maximum absolute atomic E-state index is 12.1. The van der Waals surface area contributed by atoms with Gasteiger partial charge < -0.3 is 9.67 Å². The average Bonchev–Trinajstić information content (AvgIpc) is 2.82. The Balaban J connectivity index is 2.14. The van der Waals surface area contributed by atoms with Gasteiger partial charge in [0.1, 0.15) is 0 Å². The van der Waals surface area contributed by atoms with Crippen molar-refractivity contribution in [3.8, 4) is 0 Å². The zero-order chi connectivity index (χ0) is 14.8. The molecule has 7 heteroatoms. The van der Waals surface area contributed by atoms with Crippen molar-refractivity contribution in [2.24, 2.45) is 7.05 Å². The lowest BCUT2D eigenvalue weighted by Crippen LogP contribution is -2.24. The second-order valence-corrected chi connectivity index (χ2v) is 6.03. The number of carbonyl (C=O) groups is 1. The van der Waals surface area contributed by atoms with Gasteiger partial charge in [-0.05, 0) is 36.4 Å². The van der Waals surface area contributed by atoms with E-state index in [1.807, 2.05) is 29.9 Å². The van der Waals surface area contributed by atoms with Gasteiger partial charge in [0.2, 0.25) is 10.0 Å². The van der Waals surface area contributed by atoms with Gasteiger partial charge in [0.05, 0.1) is 17.0 Å². The summed E-state index contributed by atoms with van der Waals surface area (Å²) in [6.07, 6.45) is 1.82. The number of carboxylic acids is 1. The van der Waals surface area contributed by atoms with Crippen LogP contribution in [0.5, 0.6) is 0 Å². The number of hydrogen-bond acceptors (Lipinski definition) is 3. The van der Waals surface area contributed by atoms with Crippen molar-refractivity contribution < 1.29 is 18.3 Å². The lowest BCUT2D eigenvalue weighted by Gasteiger charge is -2.08. The van der Waals surface area contributed by atoms with E-state index in [1.165, 1.54) is 24.3 Å². The Labute approximate surface area is 116 Å². The molecule has 0 amide bonds. The molecule has 20 heavy (non-hydrogen) atoms. The maximum Gasteiger partial charge on any atom is 0.335 e. The first-order chi connectivity index (χ1) is 9.40. The van der Waals surface area contributed by atoms with Crippen LogP contribution in [0.3, 0.4) is 0 Å². The van der Waals surface area contributed by atoms with E-state index in [9.17, 15) is 13.2 Å². The fourth-order valence-corrected chi connectivity index (χ4v) is 2.71. The molecule has 0 radical (unpaired) electrons. The first-order valence-electron chi connectivity index (χ1n) is 5.83. The lowest BCUT2D eigenvalue weighted by molar-refractivity contribution is 0.0696. The first-order valence-corrected chi connectivity index (χ1v) is 7.32. The standard InChI is InChI=1S/C13H14N2O4S/c1-15-8-2-3-11(15)9-14-20(18,19)12-6-4-10(5-7-12)13(16)17/h2-8,14H,9H2,1H3,(H,16,17). The SMILES string of the molecule is Cn1cccc1CNS(=O)(=O)c1ccc(C(=O)O)cc1. The predicted octanol–water partition coefficient (Wildman–Crippen LogP) is 1.20. The zero-order valence-corrected chi connectivity index (χ0v) is 11.6. The highest BCUT2D eigenvalue weighted by atomic mass is 32.2. The van der Waals surface area contributed by atoms with E-state index in [-0.39, 0.29) is 17.0 Å². The summed E-state index contributed by atoms with van der Waals surface area (Å²) in [5.74, 6) is -1.09. The quantitative estimate of drug-likeness (QED) is 0.867. The third-order valence-electron chi connectivity index (χ3n) is 2.91. The van der Waals surface area contributed by atoms with E-state index in [0.717, 1.165) is 5.69 Å². The second kappa shape index (κ2) is 5.48. The minimum atomic E-state index is -3.65. The zero-order valence-electron chi connectivity index (χ0n) is 10.8. The first kappa shape index (κ1) is 14.3. The number of hydrogen-bond donors (Lipinski definition) is 2. The summed E-state index contributed by atoms with van der Waals surface area (Å²) < 4.78 is 28.4. The van der Waals surface area contributed by atoms with Gasteiger partial charge in [-0.2, -0.15) is 0 Å². The van der Waals surface area contributed by atoms with Crippen LogP contribution in [0.15, 0.2) is 47.5 Å². The molecule has 0 fully saturated rings. The summed E-state index contributed by atoms with van der Waals surface area (Å²) in [7, 11) is -1.83. The van der Waals surface area contributed by atoms with Crippen LogP contribution in [0.4, 0.5) is 0 Å². The number of nitrogens with one attached hydrogen (secondary N) is 1. The molecule has 0 unspecified atom stereocenters. The molecule has 1 aromatic heterocycles. The number of rotatable bonds is 5. The van der Waals surface area contributed by atoms with E-state index in [2.05, 4.69) is 4.72 Å². The van der Waals surface area contributed by atoms with Crippen molar-refractivity contribution >= 4 is 16.0 Å². The lowest BCUT2D eigenvalue weighted by atomic mass is 10.2. The highest BCUT2D eigenvalue weighted by Crippen LogP contribution is 2.11. The molecular weight excluding hydrogens is 280 g/mol. The normalized spacial score (nSPS) is 11.4. The summed E-state index contributed by atoms with van der Waals surface area (Å²) >= 11 is 0. The molecule has 1 aromatic carbocycles. The van der Waals surface area contributed by atoms with Crippen LogP contribution >= 0.6 is 0 Å². The molecule has 0 spiro atoms. The topological polar surface area (TPSA) is 88.4 Å². The predicted molar refractivity (Wildman–Crippen MR) is 72.8 cm³/mol. The average molecular weight is 294 g/mol. The molecule has 0 saturated heterocycles. The van der Waals surface area contributed by atoms with Crippen LogP contribution in [0.1, 0.15) is 16.1 Å². The molecule has 0 aliphatic rings. The number of carboxylic acid groups (broad SMARTS) is 1. The van der Waals surface area contributed by atoms with Crippen molar-refractivity contribution in [2.45, 2.75) is 11.4 Å². The number of aromatic carboxylic acids is 1. The molecule has 0 aliphatic carbocycles. The summed E-state index contributed by atoms with van der Waals surface area (Å²) in [6.45, 7) is 0.173. The van der Waals surface area contributed by atoms with Gasteiger partial charge in [0.15, 0.2) is 0 Å². The third-order valence-corrected chi connectivity index (χ3v) is 4.32. The fourth-order valence-electron chi connectivity index (χ4n) is 1.71. The molecular formula is C13H14N2O4S. The van der Waals surface area contributed by atoms with Crippen molar-refractivity contribution in [3.05, 3.63) is 53.9 Å². The van der Waals surface area contributed by atoms with Crippen LogP contribution in [-0.4, -0.2) is 24.1 Å².